The minimum Gasteiger partial charge on any atom is -0.325 e. The van der Waals surface area contributed by atoms with Crippen LogP contribution in [0.2, 0.25) is 0 Å². The minimum absolute atomic E-state index is 0.244. The average molecular weight is 250 g/mol. The summed E-state index contributed by atoms with van der Waals surface area (Å²) in [6.07, 6.45) is 10.7. The Morgan fingerprint density at radius 3 is 2.67 bits per heavy atom. The van der Waals surface area contributed by atoms with E-state index in [1.807, 2.05) is 4.90 Å². The molecule has 0 aromatic heterocycles. The van der Waals surface area contributed by atoms with E-state index < -0.39 is 0 Å². The fourth-order valence-corrected chi connectivity index (χ4v) is 3.38. The van der Waals surface area contributed by atoms with E-state index in [4.69, 9.17) is 0 Å². The molecular formula is C15H26N2O. The Labute approximate surface area is 111 Å². The third kappa shape index (κ3) is 2.70. The van der Waals surface area contributed by atoms with Crippen molar-refractivity contribution in [2.75, 3.05) is 26.2 Å². The van der Waals surface area contributed by atoms with E-state index in [1.165, 1.54) is 25.7 Å². The lowest BCUT2D eigenvalue weighted by molar-refractivity contribution is 0.0792. The monoisotopic (exact) mass is 250 g/mol. The molecule has 0 aromatic carbocycles. The molecule has 3 heteroatoms. The SMILES string of the molecule is CCN(CC)C(=O)N1CCCC2(CC=CCC2)C1. The molecule has 1 fully saturated rings. The van der Waals surface area contributed by atoms with Crippen LogP contribution in [0, 0.1) is 5.41 Å². The third-order valence-electron chi connectivity index (χ3n) is 4.52. The van der Waals surface area contributed by atoms with E-state index in [0.717, 1.165) is 32.6 Å². The van der Waals surface area contributed by atoms with Crippen LogP contribution in [0.5, 0.6) is 0 Å². The summed E-state index contributed by atoms with van der Waals surface area (Å²) in [5.41, 5.74) is 0.385. The van der Waals surface area contributed by atoms with Crippen molar-refractivity contribution in [3.8, 4) is 0 Å². The molecule has 1 atom stereocenters. The molecule has 1 saturated heterocycles. The molecule has 0 bridgehead atoms. The highest BCUT2D eigenvalue weighted by atomic mass is 16.2. The zero-order valence-corrected chi connectivity index (χ0v) is 11.8. The fourth-order valence-electron chi connectivity index (χ4n) is 3.38. The Bertz CT molecular complexity index is 322. The van der Waals surface area contributed by atoms with Gasteiger partial charge in [0.05, 0.1) is 0 Å². The molecule has 1 aliphatic carbocycles. The molecule has 3 nitrogen and oxygen atoms in total. The highest BCUT2D eigenvalue weighted by molar-refractivity contribution is 5.74. The van der Waals surface area contributed by atoms with Gasteiger partial charge in [-0.1, -0.05) is 12.2 Å². The summed E-state index contributed by atoms with van der Waals surface area (Å²) in [6.45, 7) is 7.67. The number of rotatable bonds is 2. The molecular weight excluding hydrogens is 224 g/mol. The van der Waals surface area contributed by atoms with Gasteiger partial charge in [-0.05, 0) is 51.4 Å². The second-order valence-electron chi connectivity index (χ2n) is 5.69. The van der Waals surface area contributed by atoms with Gasteiger partial charge in [0.2, 0.25) is 0 Å². The summed E-state index contributed by atoms with van der Waals surface area (Å²) in [5, 5.41) is 0. The quantitative estimate of drug-likeness (QED) is 0.690. The number of likely N-dealkylation sites (tertiary alicyclic amines) is 1. The highest BCUT2D eigenvalue weighted by Crippen LogP contribution is 2.40. The van der Waals surface area contributed by atoms with Crippen molar-refractivity contribution in [2.45, 2.75) is 46.0 Å². The summed E-state index contributed by atoms with van der Waals surface area (Å²) in [7, 11) is 0. The van der Waals surface area contributed by atoms with E-state index in [-0.39, 0.29) is 6.03 Å². The number of amides is 2. The molecule has 1 unspecified atom stereocenters. The van der Waals surface area contributed by atoms with E-state index in [9.17, 15) is 4.79 Å². The lowest BCUT2D eigenvalue weighted by atomic mass is 9.71. The van der Waals surface area contributed by atoms with E-state index in [1.54, 1.807) is 0 Å². The number of carbonyl (C=O) groups is 1. The lowest BCUT2D eigenvalue weighted by Gasteiger charge is -2.45. The number of piperidine rings is 1. The molecule has 0 radical (unpaired) electrons. The number of allylic oxidation sites excluding steroid dienone is 2. The predicted octanol–water partition coefficient (Wildman–Crippen LogP) is 3.27. The Balaban J connectivity index is 2.02. The molecule has 18 heavy (non-hydrogen) atoms. The van der Waals surface area contributed by atoms with Crippen LogP contribution in [0.3, 0.4) is 0 Å². The first-order valence-electron chi connectivity index (χ1n) is 7.39. The second-order valence-corrected chi connectivity index (χ2v) is 5.69. The molecule has 1 spiro atoms. The van der Waals surface area contributed by atoms with Gasteiger partial charge in [-0.3, -0.25) is 0 Å². The molecule has 2 aliphatic rings. The molecule has 0 saturated carbocycles. The fraction of sp³-hybridized carbons (Fsp3) is 0.800. The number of urea groups is 1. The molecule has 1 heterocycles. The molecule has 2 amide bonds. The van der Waals surface area contributed by atoms with Crippen LogP contribution in [-0.4, -0.2) is 42.0 Å². The largest absolute Gasteiger partial charge is 0.325 e. The Hall–Kier alpha value is -0.990. The smallest absolute Gasteiger partial charge is 0.319 e. The summed E-state index contributed by atoms with van der Waals surface area (Å²) in [5.74, 6) is 0. The van der Waals surface area contributed by atoms with Crippen molar-refractivity contribution in [2.24, 2.45) is 5.41 Å². The first-order valence-corrected chi connectivity index (χ1v) is 7.39. The Morgan fingerprint density at radius 2 is 2.06 bits per heavy atom. The van der Waals surface area contributed by atoms with Gasteiger partial charge >= 0.3 is 6.03 Å². The zero-order chi connectivity index (χ0) is 13.0. The van der Waals surface area contributed by atoms with Crippen LogP contribution in [0.4, 0.5) is 4.79 Å². The summed E-state index contributed by atoms with van der Waals surface area (Å²) >= 11 is 0. The number of hydrogen-bond donors (Lipinski definition) is 0. The average Bonchev–Trinajstić information content (AvgIpc) is 2.41. The first kappa shape index (κ1) is 13.4. The standard InChI is InChI=1S/C15H26N2O/c1-3-16(4-2)14(18)17-12-8-11-15(13-17)9-6-5-7-10-15/h5-6H,3-4,7-13H2,1-2H3. The van der Waals surface area contributed by atoms with E-state index >= 15 is 0 Å². The van der Waals surface area contributed by atoms with Crippen molar-refractivity contribution in [1.29, 1.82) is 0 Å². The van der Waals surface area contributed by atoms with E-state index in [2.05, 4.69) is 30.9 Å². The van der Waals surface area contributed by atoms with Gasteiger partial charge in [0.1, 0.15) is 0 Å². The summed E-state index contributed by atoms with van der Waals surface area (Å²) < 4.78 is 0. The van der Waals surface area contributed by atoms with Crippen LogP contribution in [-0.2, 0) is 0 Å². The van der Waals surface area contributed by atoms with Crippen LogP contribution in [0.15, 0.2) is 12.2 Å². The number of nitrogens with zero attached hydrogens (tertiary/aromatic N) is 2. The maximum Gasteiger partial charge on any atom is 0.319 e. The van der Waals surface area contributed by atoms with Crippen molar-refractivity contribution >= 4 is 6.03 Å². The van der Waals surface area contributed by atoms with Crippen LogP contribution in [0.25, 0.3) is 0 Å². The second kappa shape index (κ2) is 5.77. The molecule has 2 rings (SSSR count). The van der Waals surface area contributed by atoms with Crippen molar-refractivity contribution < 1.29 is 4.79 Å². The van der Waals surface area contributed by atoms with Gasteiger partial charge in [0.25, 0.3) is 0 Å². The van der Waals surface area contributed by atoms with Crippen LogP contribution in [0.1, 0.15) is 46.0 Å². The topological polar surface area (TPSA) is 23.6 Å². The highest BCUT2D eigenvalue weighted by Gasteiger charge is 2.37. The number of hydrogen-bond acceptors (Lipinski definition) is 1. The van der Waals surface area contributed by atoms with Gasteiger partial charge < -0.3 is 9.80 Å². The minimum atomic E-state index is 0.244. The molecule has 0 aromatic rings. The Morgan fingerprint density at radius 1 is 1.28 bits per heavy atom. The molecule has 0 N–H and O–H groups in total. The maximum absolute atomic E-state index is 12.4. The normalized spacial score (nSPS) is 27.6. The van der Waals surface area contributed by atoms with Gasteiger partial charge in [-0.2, -0.15) is 0 Å². The summed E-state index contributed by atoms with van der Waals surface area (Å²) in [4.78, 5) is 16.5. The maximum atomic E-state index is 12.4. The molecule has 102 valence electrons. The van der Waals surface area contributed by atoms with E-state index in [0.29, 0.717) is 5.41 Å². The summed E-state index contributed by atoms with van der Waals surface area (Å²) in [6, 6.07) is 0.244. The van der Waals surface area contributed by atoms with Crippen molar-refractivity contribution in [3.63, 3.8) is 0 Å². The third-order valence-corrected chi connectivity index (χ3v) is 4.52. The van der Waals surface area contributed by atoms with Crippen molar-refractivity contribution in [1.82, 2.24) is 9.80 Å². The van der Waals surface area contributed by atoms with Crippen LogP contribution < -0.4 is 0 Å². The number of carbonyl (C=O) groups excluding carboxylic acids is 1. The van der Waals surface area contributed by atoms with Crippen molar-refractivity contribution in [3.05, 3.63) is 12.2 Å². The lowest BCUT2D eigenvalue weighted by Crippen LogP contribution is -2.51. The van der Waals surface area contributed by atoms with Gasteiger partial charge in [0, 0.05) is 26.2 Å². The van der Waals surface area contributed by atoms with Gasteiger partial charge in [0.15, 0.2) is 0 Å². The zero-order valence-electron chi connectivity index (χ0n) is 11.8. The van der Waals surface area contributed by atoms with Crippen LogP contribution >= 0.6 is 0 Å². The predicted molar refractivity (Wildman–Crippen MR) is 74.5 cm³/mol. The van der Waals surface area contributed by atoms with Gasteiger partial charge in [-0.15, -0.1) is 0 Å². The Kier molecular flexibility index (Phi) is 4.31. The first-order chi connectivity index (χ1) is 8.71. The van der Waals surface area contributed by atoms with Gasteiger partial charge in [-0.25, -0.2) is 4.79 Å². The molecule has 1 aliphatic heterocycles.